The highest BCUT2D eigenvalue weighted by molar-refractivity contribution is 5.77. The molecule has 170 valence electrons. The maximum atomic E-state index is 13.2. The molecule has 0 spiro atoms. The maximum absolute atomic E-state index is 13.2. The normalized spacial score (nSPS) is 14.7. The Morgan fingerprint density at radius 1 is 1.06 bits per heavy atom. The number of aromatic nitrogens is 4. The molecule has 2 aromatic carbocycles. The van der Waals surface area contributed by atoms with Crippen LogP contribution in [0.1, 0.15) is 12.7 Å². The third kappa shape index (κ3) is 3.98. The van der Waals surface area contributed by atoms with Crippen molar-refractivity contribution in [2.24, 2.45) is 0 Å². The Kier molecular flexibility index (Phi) is 5.60. The molecule has 2 aromatic heterocycles. The van der Waals surface area contributed by atoms with E-state index in [0.717, 1.165) is 43.0 Å². The first-order chi connectivity index (χ1) is 16.0. The van der Waals surface area contributed by atoms with Gasteiger partial charge in [0.2, 0.25) is 0 Å². The molecule has 1 fully saturated rings. The monoisotopic (exact) mass is 444 g/mol. The van der Waals surface area contributed by atoms with E-state index >= 15 is 0 Å². The van der Waals surface area contributed by atoms with Crippen LogP contribution >= 0.6 is 0 Å². The minimum atomic E-state index is -0.231. The predicted octanol–water partition coefficient (Wildman–Crippen LogP) is 3.21. The molecule has 0 unspecified atom stereocenters. The Balaban J connectivity index is 1.59. The number of nitrogens with one attached hydrogen (secondary N) is 1. The van der Waals surface area contributed by atoms with Gasteiger partial charge in [0.1, 0.15) is 17.3 Å². The third-order valence-corrected chi connectivity index (χ3v) is 6.10. The number of ether oxygens (including phenoxy) is 1. The number of piperazine rings is 1. The van der Waals surface area contributed by atoms with Crippen LogP contribution < -0.4 is 15.2 Å². The average molecular weight is 445 g/mol. The van der Waals surface area contributed by atoms with E-state index in [1.54, 1.807) is 4.52 Å². The molecule has 0 atom stereocenters. The molecule has 0 saturated carbocycles. The molecular formula is C25H28N6O2. The van der Waals surface area contributed by atoms with Gasteiger partial charge in [-0.25, -0.2) is 9.50 Å². The largest absolute Gasteiger partial charge is 0.493 e. The molecule has 1 aliphatic heterocycles. The average Bonchev–Trinajstić information content (AvgIpc) is 3.17. The second-order valence-corrected chi connectivity index (χ2v) is 8.34. The molecule has 8 heteroatoms. The smallest absolute Gasteiger partial charge is 0.277 e. The number of nitrogens with zero attached hydrogens (tertiary/aromatic N) is 5. The highest BCUT2D eigenvalue weighted by atomic mass is 16.5. The molecule has 0 aliphatic carbocycles. The summed E-state index contributed by atoms with van der Waals surface area (Å²) in [4.78, 5) is 25.5. The number of hydrogen-bond acceptors (Lipinski definition) is 6. The minimum Gasteiger partial charge on any atom is -0.493 e. The van der Waals surface area contributed by atoms with Crippen LogP contribution in [0.5, 0.6) is 5.75 Å². The Morgan fingerprint density at radius 2 is 1.82 bits per heavy atom. The van der Waals surface area contributed by atoms with Crippen molar-refractivity contribution in [3.05, 3.63) is 64.7 Å². The van der Waals surface area contributed by atoms with Crippen LogP contribution in [-0.2, 0) is 0 Å². The summed E-state index contributed by atoms with van der Waals surface area (Å²) < 4.78 is 7.60. The Bertz CT molecular complexity index is 1340. The highest BCUT2D eigenvalue weighted by Crippen LogP contribution is 2.33. The quantitative estimate of drug-likeness (QED) is 0.509. The van der Waals surface area contributed by atoms with Crippen LogP contribution in [0, 0.1) is 6.92 Å². The molecular weight excluding hydrogens is 416 g/mol. The lowest BCUT2D eigenvalue weighted by Gasteiger charge is -2.34. The van der Waals surface area contributed by atoms with E-state index in [-0.39, 0.29) is 5.56 Å². The number of hydrogen-bond donors (Lipinski definition) is 1. The van der Waals surface area contributed by atoms with E-state index in [2.05, 4.69) is 32.9 Å². The van der Waals surface area contributed by atoms with Gasteiger partial charge in [-0.1, -0.05) is 30.3 Å². The Hall–Kier alpha value is -3.65. The number of likely N-dealkylation sites (N-methyl/N-ethyl adjacent to an activating group) is 1. The second-order valence-electron chi connectivity index (χ2n) is 8.34. The molecule has 5 rings (SSSR count). The van der Waals surface area contributed by atoms with Crippen LogP contribution in [0.3, 0.4) is 0 Å². The summed E-state index contributed by atoms with van der Waals surface area (Å²) in [6.07, 6.45) is 0. The predicted molar refractivity (Wildman–Crippen MR) is 130 cm³/mol. The van der Waals surface area contributed by atoms with Gasteiger partial charge in [0, 0.05) is 43.5 Å². The van der Waals surface area contributed by atoms with E-state index in [0.29, 0.717) is 35.2 Å². The Labute approximate surface area is 192 Å². The summed E-state index contributed by atoms with van der Waals surface area (Å²) in [5.41, 5.74) is 3.59. The van der Waals surface area contributed by atoms with Crippen LogP contribution in [0.15, 0.2) is 53.3 Å². The van der Waals surface area contributed by atoms with Gasteiger partial charge in [-0.3, -0.25) is 4.79 Å². The van der Waals surface area contributed by atoms with Crippen molar-refractivity contribution in [3.8, 4) is 28.4 Å². The lowest BCUT2D eigenvalue weighted by atomic mass is 10.1. The maximum Gasteiger partial charge on any atom is 0.277 e. The van der Waals surface area contributed by atoms with Crippen LogP contribution in [0.4, 0.5) is 5.69 Å². The summed E-state index contributed by atoms with van der Waals surface area (Å²) in [5.74, 6) is 1.82. The molecule has 1 N–H and O–H groups in total. The molecule has 0 bridgehead atoms. The number of H-pyrrole nitrogens is 1. The van der Waals surface area contributed by atoms with Crippen molar-refractivity contribution in [1.29, 1.82) is 0 Å². The minimum absolute atomic E-state index is 0.231. The van der Waals surface area contributed by atoms with Gasteiger partial charge in [-0.2, -0.15) is 0 Å². The van der Waals surface area contributed by atoms with Gasteiger partial charge in [0.25, 0.3) is 5.56 Å². The molecule has 1 aliphatic rings. The first kappa shape index (κ1) is 21.2. The number of fused-ring (bicyclic) bond motifs is 1. The van der Waals surface area contributed by atoms with Crippen molar-refractivity contribution in [2.45, 2.75) is 13.8 Å². The number of aryl methyl sites for hydroxylation is 1. The standard InChI is InChI=1S/C25H28N6O2/c1-4-33-21-16-19(30-14-12-29(3)13-15-30)10-11-20(21)24-27-25(32)23-22(18-8-6-5-7-9-18)26-17(2)31(23)28-24/h5-11,16H,4,12-15H2,1-3H3,(H,27,28,32). The van der Waals surface area contributed by atoms with Gasteiger partial charge in [0.15, 0.2) is 11.3 Å². The summed E-state index contributed by atoms with van der Waals surface area (Å²) >= 11 is 0. The zero-order valence-electron chi connectivity index (χ0n) is 19.2. The van der Waals surface area contributed by atoms with Gasteiger partial charge >= 0.3 is 0 Å². The van der Waals surface area contributed by atoms with Gasteiger partial charge in [-0.15, -0.1) is 5.10 Å². The number of rotatable bonds is 5. The molecule has 0 amide bonds. The molecule has 0 radical (unpaired) electrons. The van der Waals surface area contributed by atoms with Gasteiger partial charge in [-0.05, 0) is 33.0 Å². The summed E-state index contributed by atoms with van der Waals surface area (Å²) in [6.45, 7) is 8.33. The summed E-state index contributed by atoms with van der Waals surface area (Å²) in [5, 5.41) is 4.75. The zero-order chi connectivity index (χ0) is 22.9. The number of benzene rings is 2. The number of imidazole rings is 1. The van der Waals surface area contributed by atoms with Crippen molar-refractivity contribution >= 4 is 11.2 Å². The van der Waals surface area contributed by atoms with Crippen LogP contribution in [0.25, 0.3) is 28.2 Å². The Morgan fingerprint density at radius 3 is 2.55 bits per heavy atom. The molecule has 3 heterocycles. The third-order valence-electron chi connectivity index (χ3n) is 6.10. The lowest BCUT2D eigenvalue weighted by molar-refractivity contribution is 0.312. The van der Waals surface area contributed by atoms with E-state index < -0.39 is 0 Å². The number of anilines is 1. The zero-order valence-corrected chi connectivity index (χ0v) is 19.2. The summed E-state index contributed by atoms with van der Waals surface area (Å²) in [7, 11) is 2.14. The molecule has 4 aromatic rings. The fourth-order valence-corrected chi connectivity index (χ4v) is 4.30. The van der Waals surface area contributed by atoms with Crippen molar-refractivity contribution in [2.75, 3.05) is 44.7 Å². The topological polar surface area (TPSA) is 78.8 Å². The van der Waals surface area contributed by atoms with E-state index in [1.165, 1.54) is 0 Å². The van der Waals surface area contributed by atoms with E-state index in [9.17, 15) is 4.79 Å². The van der Waals surface area contributed by atoms with Crippen molar-refractivity contribution in [1.82, 2.24) is 24.5 Å². The number of aromatic amines is 1. The first-order valence-electron chi connectivity index (χ1n) is 11.3. The molecule has 8 nitrogen and oxygen atoms in total. The van der Waals surface area contributed by atoms with Gasteiger partial charge < -0.3 is 19.5 Å². The highest BCUT2D eigenvalue weighted by Gasteiger charge is 2.20. The fraction of sp³-hybridized carbons (Fsp3) is 0.320. The van der Waals surface area contributed by atoms with E-state index in [4.69, 9.17) is 9.84 Å². The second kappa shape index (κ2) is 8.71. The molecule has 1 saturated heterocycles. The lowest BCUT2D eigenvalue weighted by Crippen LogP contribution is -2.44. The fourth-order valence-electron chi connectivity index (χ4n) is 4.30. The van der Waals surface area contributed by atoms with Crippen LogP contribution in [-0.4, -0.2) is 64.3 Å². The van der Waals surface area contributed by atoms with Crippen LogP contribution in [0.2, 0.25) is 0 Å². The van der Waals surface area contributed by atoms with Crippen molar-refractivity contribution in [3.63, 3.8) is 0 Å². The van der Waals surface area contributed by atoms with Gasteiger partial charge in [0.05, 0.1) is 12.2 Å². The van der Waals surface area contributed by atoms with Crippen molar-refractivity contribution < 1.29 is 4.74 Å². The summed E-state index contributed by atoms with van der Waals surface area (Å²) in [6, 6.07) is 15.8. The SMILES string of the molecule is CCOc1cc(N2CCN(C)CC2)ccc1-c1nn2c(C)nc(-c3ccccc3)c2c(=O)[nH]1. The van der Waals surface area contributed by atoms with E-state index in [1.807, 2.05) is 56.3 Å². The molecule has 33 heavy (non-hydrogen) atoms. The first-order valence-corrected chi connectivity index (χ1v) is 11.3.